The van der Waals surface area contributed by atoms with Gasteiger partial charge in [0, 0.05) is 6.61 Å². The summed E-state index contributed by atoms with van der Waals surface area (Å²) in [4.78, 5) is 27.8. The van der Waals surface area contributed by atoms with Crippen molar-refractivity contribution in [2.24, 2.45) is 0 Å². The Morgan fingerprint density at radius 1 is 1.31 bits per heavy atom. The Bertz CT molecular complexity index is 805. The molecule has 1 aromatic heterocycles. The van der Waals surface area contributed by atoms with Crippen molar-refractivity contribution in [1.29, 1.82) is 0 Å². The highest BCUT2D eigenvalue weighted by molar-refractivity contribution is 6.33. The van der Waals surface area contributed by atoms with Crippen molar-refractivity contribution < 1.29 is 19.1 Å². The Hall–Kier alpha value is -2.64. The van der Waals surface area contributed by atoms with Gasteiger partial charge in [0.2, 0.25) is 0 Å². The summed E-state index contributed by atoms with van der Waals surface area (Å²) in [6.45, 7) is 0.611. The van der Waals surface area contributed by atoms with Gasteiger partial charge in [-0.2, -0.15) is 0 Å². The predicted molar refractivity (Wildman–Crippen MR) is 97.9 cm³/mol. The van der Waals surface area contributed by atoms with Gasteiger partial charge < -0.3 is 20.1 Å². The summed E-state index contributed by atoms with van der Waals surface area (Å²) in [7, 11) is 1.32. The van der Waals surface area contributed by atoms with Crippen molar-refractivity contribution in [3.63, 3.8) is 0 Å². The summed E-state index contributed by atoms with van der Waals surface area (Å²) < 4.78 is 10.0. The van der Waals surface area contributed by atoms with E-state index in [0.717, 1.165) is 12.8 Å². The highest BCUT2D eigenvalue weighted by Crippen LogP contribution is 2.27. The summed E-state index contributed by atoms with van der Waals surface area (Å²) in [5, 5.41) is 6.27. The van der Waals surface area contributed by atoms with E-state index in [4.69, 9.17) is 21.1 Å². The Morgan fingerprint density at radius 3 is 2.81 bits per heavy atom. The minimum Gasteiger partial charge on any atom is -0.465 e. The van der Waals surface area contributed by atoms with E-state index in [9.17, 15) is 9.59 Å². The third-order valence-electron chi connectivity index (χ3n) is 3.90. The van der Waals surface area contributed by atoms with Gasteiger partial charge in [0.25, 0.3) is 5.91 Å². The Balaban J connectivity index is 1.67. The number of aromatic nitrogens is 1. The smallest absolute Gasteiger partial charge is 0.337 e. The van der Waals surface area contributed by atoms with Gasteiger partial charge in [-0.3, -0.25) is 4.79 Å². The largest absolute Gasteiger partial charge is 0.465 e. The van der Waals surface area contributed by atoms with E-state index in [1.54, 1.807) is 36.5 Å². The van der Waals surface area contributed by atoms with E-state index in [1.165, 1.54) is 7.11 Å². The lowest BCUT2D eigenvalue weighted by Gasteiger charge is -2.12. The van der Waals surface area contributed by atoms with E-state index in [0.29, 0.717) is 34.4 Å². The van der Waals surface area contributed by atoms with Gasteiger partial charge in [0.05, 0.1) is 35.3 Å². The van der Waals surface area contributed by atoms with E-state index in [1.807, 2.05) is 0 Å². The van der Waals surface area contributed by atoms with Crippen molar-refractivity contribution in [1.82, 2.24) is 4.98 Å². The van der Waals surface area contributed by atoms with Gasteiger partial charge in [-0.25, -0.2) is 9.78 Å². The van der Waals surface area contributed by atoms with Crippen molar-refractivity contribution >= 4 is 40.7 Å². The van der Waals surface area contributed by atoms with E-state index < -0.39 is 12.1 Å². The number of hydrogen-bond donors (Lipinski definition) is 2. The zero-order chi connectivity index (χ0) is 18.5. The number of pyridine rings is 1. The van der Waals surface area contributed by atoms with E-state index in [-0.39, 0.29) is 5.91 Å². The average Bonchev–Trinajstić information content (AvgIpc) is 3.19. The molecule has 1 aromatic carbocycles. The number of esters is 1. The zero-order valence-electron chi connectivity index (χ0n) is 14.1. The van der Waals surface area contributed by atoms with Crippen LogP contribution in [0.1, 0.15) is 23.2 Å². The maximum absolute atomic E-state index is 12.0. The second-order valence-corrected chi connectivity index (χ2v) is 6.14. The number of methoxy groups -OCH3 is 1. The molecule has 7 nitrogen and oxygen atoms in total. The zero-order valence-corrected chi connectivity index (χ0v) is 14.9. The molecule has 0 radical (unpaired) electrons. The lowest BCUT2D eigenvalue weighted by Crippen LogP contribution is -2.27. The van der Waals surface area contributed by atoms with Gasteiger partial charge in [0.15, 0.2) is 0 Å². The number of nitrogens with zero attached hydrogens (tertiary/aromatic N) is 1. The Kier molecular flexibility index (Phi) is 5.70. The number of hydrogen-bond acceptors (Lipinski definition) is 6. The average molecular weight is 376 g/mol. The summed E-state index contributed by atoms with van der Waals surface area (Å²) >= 11 is 6.16. The molecule has 1 aliphatic heterocycles. The van der Waals surface area contributed by atoms with Gasteiger partial charge in [0.1, 0.15) is 11.9 Å². The molecule has 1 atom stereocenters. The summed E-state index contributed by atoms with van der Waals surface area (Å²) in [5.74, 6) is -0.204. The molecule has 8 heteroatoms. The molecule has 136 valence electrons. The van der Waals surface area contributed by atoms with Crippen LogP contribution in [0, 0.1) is 0 Å². The van der Waals surface area contributed by atoms with Crippen LogP contribution < -0.4 is 10.6 Å². The van der Waals surface area contributed by atoms with Crippen molar-refractivity contribution in [2.75, 3.05) is 24.4 Å². The molecule has 0 spiro atoms. The van der Waals surface area contributed by atoms with Crippen LogP contribution in [0.2, 0.25) is 5.02 Å². The maximum atomic E-state index is 12.0. The van der Waals surface area contributed by atoms with Crippen molar-refractivity contribution in [2.45, 2.75) is 18.9 Å². The van der Waals surface area contributed by atoms with Crippen LogP contribution in [0.15, 0.2) is 36.5 Å². The van der Waals surface area contributed by atoms with Gasteiger partial charge in [-0.05, 0) is 43.2 Å². The Morgan fingerprint density at radius 2 is 2.15 bits per heavy atom. The first-order valence-corrected chi connectivity index (χ1v) is 8.48. The van der Waals surface area contributed by atoms with Crippen LogP contribution in [0.4, 0.5) is 17.2 Å². The molecule has 3 rings (SSSR count). The molecule has 0 bridgehead atoms. The topological polar surface area (TPSA) is 89.6 Å². The van der Waals surface area contributed by atoms with Crippen LogP contribution >= 0.6 is 11.6 Å². The molecule has 1 saturated heterocycles. The SMILES string of the molecule is COC(=O)c1ccc(Cl)c(Nc2ccc(NC(=O)C3CCCO3)nc2)c1. The van der Waals surface area contributed by atoms with Gasteiger partial charge in [-0.15, -0.1) is 0 Å². The summed E-state index contributed by atoms with van der Waals surface area (Å²) in [6.07, 6.45) is 2.77. The number of rotatable bonds is 5. The molecular weight excluding hydrogens is 358 g/mol. The molecule has 0 aliphatic carbocycles. The molecule has 2 N–H and O–H groups in total. The minimum atomic E-state index is -0.449. The van der Waals surface area contributed by atoms with Crippen LogP contribution in [0.25, 0.3) is 0 Å². The predicted octanol–water partition coefficient (Wildman–Crippen LogP) is 3.38. The lowest BCUT2D eigenvalue weighted by molar-refractivity contribution is -0.124. The Labute approximate surface area is 155 Å². The highest BCUT2D eigenvalue weighted by Gasteiger charge is 2.23. The van der Waals surface area contributed by atoms with Crippen LogP contribution in [0.3, 0.4) is 0 Å². The van der Waals surface area contributed by atoms with Gasteiger partial charge >= 0.3 is 5.97 Å². The lowest BCUT2D eigenvalue weighted by atomic mass is 10.2. The molecule has 26 heavy (non-hydrogen) atoms. The number of carbonyl (C=O) groups excluding carboxylic acids is 2. The first-order valence-electron chi connectivity index (χ1n) is 8.10. The third kappa shape index (κ3) is 4.30. The number of ether oxygens (including phenoxy) is 2. The van der Waals surface area contributed by atoms with Gasteiger partial charge in [-0.1, -0.05) is 11.6 Å². The van der Waals surface area contributed by atoms with Crippen LogP contribution in [0.5, 0.6) is 0 Å². The standard InChI is InChI=1S/C18H18ClN3O4/c1-25-18(24)11-4-6-13(19)14(9-11)21-12-5-7-16(20-10-12)22-17(23)15-3-2-8-26-15/h4-7,9-10,15,21H,2-3,8H2,1H3,(H,20,22,23). The molecule has 2 aromatic rings. The first kappa shape index (κ1) is 18.2. The molecule has 1 aliphatic rings. The number of anilines is 3. The quantitative estimate of drug-likeness (QED) is 0.779. The second-order valence-electron chi connectivity index (χ2n) is 5.73. The summed E-state index contributed by atoms with van der Waals surface area (Å²) in [5.41, 5.74) is 1.59. The molecule has 1 fully saturated rings. The number of benzene rings is 1. The molecule has 1 unspecified atom stereocenters. The van der Waals surface area contributed by atoms with Crippen LogP contribution in [-0.2, 0) is 14.3 Å². The number of halogens is 1. The fraction of sp³-hybridized carbons (Fsp3) is 0.278. The summed E-state index contributed by atoms with van der Waals surface area (Å²) in [6, 6.07) is 8.22. The highest BCUT2D eigenvalue weighted by atomic mass is 35.5. The maximum Gasteiger partial charge on any atom is 0.337 e. The number of nitrogens with one attached hydrogen (secondary N) is 2. The molecular formula is C18H18ClN3O4. The van der Waals surface area contributed by atoms with Crippen LogP contribution in [-0.4, -0.2) is 36.7 Å². The number of carbonyl (C=O) groups is 2. The molecule has 1 amide bonds. The monoisotopic (exact) mass is 375 g/mol. The van der Waals surface area contributed by atoms with E-state index >= 15 is 0 Å². The van der Waals surface area contributed by atoms with Crippen molar-refractivity contribution in [3.8, 4) is 0 Å². The third-order valence-corrected chi connectivity index (χ3v) is 4.23. The number of amides is 1. The first-order chi connectivity index (χ1) is 12.6. The van der Waals surface area contributed by atoms with E-state index in [2.05, 4.69) is 15.6 Å². The van der Waals surface area contributed by atoms with Crippen molar-refractivity contribution in [3.05, 3.63) is 47.1 Å². The molecule has 0 saturated carbocycles. The minimum absolute atomic E-state index is 0.190. The fourth-order valence-electron chi connectivity index (χ4n) is 2.55. The second kappa shape index (κ2) is 8.16. The molecule has 2 heterocycles. The normalized spacial score (nSPS) is 16.2. The fourth-order valence-corrected chi connectivity index (χ4v) is 2.72.